The summed E-state index contributed by atoms with van der Waals surface area (Å²) in [6, 6.07) is 5.74. The number of nitrogens with zero attached hydrogens (tertiary/aromatic N) is 1. The summed E-state index contributed by atoms with van der Waals surface area (Å²) in [5.74, 6) is 0.893. The zero-order valence-electron chi connectivity index (χ0n) is 9.87. The van der Waals surface area contributed by atoms with E-state index >= 15 is 0 Å². The molecule has 0 bridgehead atoms. The highest BCUT2D eigenvalue weighted by molar-refractivity contribution is 7.71. The van der Waals surface area contributed by atoms with Gasteiger partial charge in [0.05, 0.1) is 14.9 Å². The quantitative estimate of drug-likeness (QED) is 0.761. The highest BCUT2D eigenvalue weighted by atomic mass is 35.5. The van der Waals surface area contributed by atoms with Gasteiger partial charge in [-0.05, 0) is 18.2 Å². The third-order valence-electron chi connectivity index (χ3n) is 2.29. The monoisotopic (exact) mass is 284 g/mol. The Morgan fingerprint density at radius 2 is 2.06 bits per heavy atom. The van der Waals surface area contributed by atoms with E-state index in [9.17, 15) is 0 Å². The molecule has 17 heavy (non-hydrogen) atoms. The van der Waals surface area contributed by atoms with E-state index in [0.29, 0.717) is 4.64 Å². The minimum atomic E-state index is -0.0510. The molecule has 0 saturated heterocycles. The summed E-state index contributed by atoms with van der Waals surface area (Å²) >= 11 is 12.7. The maximum atomic E-state index is 5.94. The van der Waals surface area contributed by atoms with Gasteiger partial charge in [0.2, 0.25) is 0 Å². The molecule has 2 aromatic rings. The fourth-order valence-corrected chi connectivity index (χ4v) is 2.63. The van der Waals surface area contributed by atoms with Crippen LogP contribution in [0.5, 0.6) is 0 Å². The van der Waals surface area contributed by atoms with Crippen LogP contribution in [0.2, 0.25) is 4.34 Å². The first kappa shape index (κ1) is 12.7. The summed E-state index contributed by atoms with van der Waals surface area (Å²) in [7, 11) is 0. The summed E-state index contributed by atoms with van der Waals surface area (Å²) in [5, 5.41) is 0. The third kappa shape index (κ3) is 2.94. The zero-order chi connectivity index (χ0) is 12.6. The molecule has 0 atom stereocenters. The molecule has 5 heteroatoms. The maximum absolute atomic E-state index is 5.94. The summed E-state index contributed by atoms with van der Waals surface area (Å²) in [4.78, 5) is 8.77. The van der Waals surface area contributed by atoms with Crippen molar-refractivity contribution in [2.24, 2.45) is 0 Å². The molecule has 2 nitrogen and oxygen atoms in total. The number of rotatable bonds is 1. The Hall–Kier alpha value is -0.710. The fraction of sp³-hybridized carbons (Fsp3) is 0.333. The molecule has 2 aromatic heterocycles. The van der Waals surface area contributed by atoms with Crippen molar-refractivity contribution in [1.82, 2.24) is 9.97 Å². The Morgan fingerprint density at radius 3 is 2.59 bits per heavy atom. The van der Waals surface area contributed by atoms with Crippen molar-refractivity contribution < 1.29 is 0 Å². The van der Waals surface area contributed by atoms with Crippen LogP contribution in [0.4, 0.5) is 0 Å². The van der Waals surface area contributed by atoms with Crippen molar-refractivity contribution in [2.45, 2.75) is 26.2 Å². The lowest BCUT2D eigenvalue weighted by atomic mass is 9.95. The molecule has 0 aromatic carbocycles. The summed E-state index contributed by atoms with van der Waals surface area (Å²) in [6.07, 6.45) is 0. The van der Waals surface area contributed by atoms with E-state index in [1.807, 2.05) is 18.2 Å². The van der Waals surface area contributed by atoms with Gasteiger partial charge in [-0.25, -0.2) is 4.98 Å². The number of hydrogen-bond acceptors (Lipinski definition) is 3. The molecule has 0 amide bonds. The topological polar surface area (TPSA) is 28.7 Å². The van der Waals surface area contributed by atoms with Crippen LogP contribution in [0.3, 0.4) is 0 Å². The van der Waals surface area contributed by atoms with Gasteiger partial charge in [-0.3, -0.25) is 0 Å². The third-order valence-corrected chi connectivity index (χ3v) is 3.77. The van der Waals surface area contributed by atoms with Gasteiger partial charge >= 0.3 is 0 Å². The predicted octanol–water partition coefficient (Wildman–Crippen LogP) is 4.82. The Morgan fingerprint density at radius 1 is 1.35 bits per heavy atom. The standard InChI is InChI=1S/C12H13ClN2S2/c1-12(2,3)11-14-7(6-10(16)15-11)8-4-5-9(13)17-8/h4-6H,1-3H3,(H,14,15,16). The van der Waals surface area contributed by atoms with Crippen molar-refractivity contribution >= 4 is 35.2 Å². The first-order valence-electron chi connectivity index (χ1n) is 5.24. The Balaban J connectivity index is 2.57. The van der Waals surface area contributed by atoms with E-state index in [2.05, 4.69) is 30.7 Å². The zero-order valence-corrected chi connectivity index (χ0v) is 12.3. The molecule has 0 saturated carbocycles. The van der Waals surface area contributed by atoms with Crippen LogP contribution in [-0.2, 0) is 5.41 Å². The van der Waals surface area contributed by atoms with E-state index in [1.165, 1.54) is 11.3 Å². The summed E-state index contributed by atoms with van der Waals surface area (Å²) < 4.78 is 1.38. The first-order chi connectivity index (χ1) is 7.86. The van der Waals surface area contributed by atoms with Crippen LogP contribution in [0.15, 0.2) is 18.2 Å². The van der Waals surface area contributed by atoms with Crippen LogP contribution in [-0.4, -0.2) is 9.97 Å². The SMILES string of the molecule is CC(C)(C)c1nc(=S)cc(-c2ccc(Cl)s2)[nH]1. The molecule has 1 N–H and O–H groups in total. The predicted molar refractivity (Wildman–Crippen MR) is 76.4 cm³/mol. The molecule has 2 heterocycles. The van der Waals surface area contributed by atoms with Crippen molar-refractivity contribution in [1.29, 1.82) is 0 Å². The second kappa shape index (κ2) is 4.52. The number of halogens is 1. The van der Waals surface area contributed by atoms with Crippen LogP contribution >= 0.6 is 35.2 Å². The average molecular weight is 285 g/mol. The van der Waals surface area contributed by atoms with Crippen LogP contribution in [0.25, 0.3) is 10.6 Å². The van der Waals surface area contributed by atoms with Gasteiger partial charge < -0.3 is 4.98 Å². The number of aromatic nitrogens is 2. The highest BCUT2D eigenvalue weighted by Gasteiger charge is 2.17. The van der Waals surface area contributed by atoms with Crippen molar-refractivity contribution in [3.05, 3.63) is 33.0 Å². The van der Waals surface area contributed by atoms with Gasteiger partial charge in [0, 0.05) is 5.41 Å². The van der Waals surface area contributed by atoms with Gasteiger partial charge in [0.15, 0.2) is 0 Å². The number of aromatic amines is 1. The number of thiophene rings is 1. The normalized spacial score (nSPS) is 11.8. The first-order valence-corrected chi connectivity index (χ1v) is 6.84. The lowest BCUT2D eigenvalue weighted by Gasteiger charge is -2.18. The molecule has 90 valence electrons. The van der Waals surface area contributed by atoms with Crippen molar-refractivity contribution in [3.8, 4) is 10.6 Å². The molecule has 0 spiro atoms. The minimum Gasteiger partial charge on any atom is -0.342 e. The van der Waals surface area contributed by atoms with Crippen molar-refractivity contribution in [3.63, 3.8) is 0 Å². The molecular weight excluding hydrogens is 272 g/mol. The maximum Gasteiger partial charge on any atom is 0.130 e. The second-order valence-corrected chi connectivity index (χ2v) is 6.97. The van der Waals surface area contributed by atoms with Gasteiger partial charge in [-0.15, -0.1) is 11.3 Å². The molecule has 0 radical (unpaired) electrons. The minimum absolute atomic E-state index is 0.0510. The van der Waals surface area contributed by atoms with Gasteiger partial charge in [-0.1, -0.05) is 44.6 Å². The van der Waals surface area contributed by atoms with E-state index in [4.69, 9.17) is 23.8 Å². The van der Waals surface area contributed by atoms with Crippen LogP contribution in [0, 0.1) is 4.64 Å². The van der Waals surface area contributed by atoms with E-state index in [0.717, 1.165) is 20.7 Å². The molecule has 0 unspecified atom stereocenters. The van der Waals surface area contributed by atoms with Gasteiger partial charge in [0.1, 0.15) is 10.5 Å². The summed E-state index contributed by atoms with van der Waals surface area (Å²) in [5.41, 5.74) is 0.928. The van der Waals surface area contributed by atoms with Crippen molar-refractivity contribution in [2.75, 3.05) is 0 Å². The van der Waals surface area contributed by atoms with Gasteiger partial charge in [0.25, 0.3) is 0 Å². The number of nitrogens with one attached hydrogen (secondary N) is 1. The van der Waals surface area contributed by atoms with E-state index in [-0.39, 0.29) is 5.41 Å². The van der Waals surface area contributed by atoms with Gasteiger partial charge in [-0.2, -0.15) is 0 Å². The lowest BCUT2D eigenvalue weighted by molar-refractivity contribution is 0.545. The lowest BCUT2D eigenvalue weighted by Crippen LogP contribution is -2.16. The highest BCUT2D eigenvalue weighted by Crippen LogP contribution is 2.30. The van der Waals surface area contributed by atoms with E-state index in [1.54, 1.807) is 0 Å². The molecule has 0 aliphatic heterocycles. The van der Waals surface area contributed by atoms with Crippen LogP contribution in [0.1, 0.15) is 26.6 Å². The molecule has 0 fully saturated rings. The Bertz CT molecular complexity index is 593. The van der Waals surface area contributed by atoms with E-state index < -0.39 is 0 Å². The number of hydrogen-bond donors (Lipinski definition) is 1. The molecule has 2 rings (SSSR count). The second-order valence-electron chi connectivity index (χ2n) is 4.84. The van der Waals surface area contributed by atoms with Crippen LogP contribution < -0.4 is 0 Å². The Labute approximate surface area is 115 Å². The fourth-order valence-electron chi connectivity index (χ4n) is 1.40. The molecular formula is C12H13ClN2S2. The average Bonchev–Trinajstić information content (AvgIpc) is 2.62. The Kier molecular flexibility index (Phi) is 3.39. The molecule has 0 aliphatic rings. The summed E-state index contributed by atoms with van der Waals surface area (Å²) in [6.45, 7) is 6.31. The molecule has 0 aliphatic carbocycles. The number of H-pyrrole nitrogens is 1. The largest absolute Gasteiger partial charge is 0.342 e. The smallest absolute Gasteiger partial charge is 0.130 e.